The molecule has 0 aliphatic carbocycles. The predicted molar refractivity (Wildman–Crippen MR) is 98.4 cm³/mol. The topological polar surface area (TPSA) is 38.3 Å². The first kappa shape index (κ1) is 18.1. The summed E-state index contributed by atoms with van der Waals surface area (Å²) in [6.45, 7) is 6.19. The maximum atomic E-state index is 12.3. The molecule has 1 atom stereocenters. The Hall–Kier alpha value is -2.29. The summed E-state index contributed by atoms with van der Waals surface area (Å²) in [5, 5.41) is 3.15. The standard InChI is InChI=1S/C21H27NO2/c1-5-19(18-10-6-15(2)7-11-18)22-21(23)13-9-17-8-12-20(24-4)16(3)14-17/h6-8,10-12,14,19H,5,9,13H2,1-4H3,(H,22,23)/t19-/m1/s1. The third-order valence-corrected chi connectivity index (χ3v) is 4.32. The van der Waals surface area contributed by atoms with Crippen LogP contribution in [0.1, 0.15) is 48.1 Å². The van der Waals surface area contributed by atoms with Crippen LogP contribution in [-0.4, -0.2) is 13.0 Å². The first-order chi connectivity index (χ1) is 11.5. The monoisotopic (exact) mass is 325 g/mol. The molecule has 0 saturated heterocycles. The van der Waals surface area contributed by atoms with E-state index in [0.29, 0.717) is 6.42 Å². The van der Waals surface area contributed by atoms with Crippen LogP contribution in [0.2, 0.25) is 0 Å². The van der Waals surface area contributed by atoms with E-state index >= 15 is 0 Å². The second-order valence-electron chi connectivity index (χ2n) is 6.24. The van der Waals surface area contributed by atoms with Crippen LogP contribution >= 0.6 is 0 Å². The third-order valence-electron chi connectivity index (χ3n) is 4.32. The Balaban J connectivity index is 1.92. The molecule has 0 bridgehead atoms. The second-order valence-corrected chi connectivity index (χ2v) is 6.24. The number of hydrogen-bond donors (Lipinski definition) is 1. The van der Waals surface area contributed by atoms with Gasteiger partial charge in [0.05, 0.1) is 13.2 Å². The van der Waals surface area contributed by atoms with Crippen molar-refractivity contribution < 1.29 is 9.53 Å². The fourth-order valence-electron chi connectivity index (χ4n) is 2.84. The van der Waals surface area contributed by atoms with Crippen LogP contribution < -0.4 is 10.1 Å². The SMILES string of the molecule is CC[C@@H](NC(=O)CCc1ccc(OC)c(C)c1)c1ccc(C)cc1. The van der Waals surface area contributed by atoms with Crippen LogP contribution in [0.3, 0.4) is 0 Å². The Bertz CT molecular complexity index is 677. The van der Waals surface area contributed by atoms with Gasteiger partial charge in [-0.25, -0.2) is 0 Å². The van der Waals surface area contributed by atoms with Gasteiger partial charge in [-0.2, -0.15) is 0 Å². The van der Waals surface area contributed by atoms with Gasteiger partial charge >= 0.3 is 0 Å². The molecule has 2 aromatic rings. The number of aryl methyl sites for hydroxylation is 3. The molecule has 0 fully saturated rings. The Morgan fingerprint density at radius 3 is 2.42 bits per heavy atom. The van der Waals surface area contributed by atoms with Crippen molar-refractivity contribution in [2.45, 2.75) is 46.1 Å². The number of rotatable bonds is 7. The van der Waals surface area contributed by atoms with Crippen molar-refractivity contribution in [3.63, 3.8) is 0 Å². The molecule has 0 unspecified atom stereocenters. The zero-order valence-electron chi connectivity index (χ0n) is 15.1. The summed E-state index contributed by atoms with van der Waals surface area (Å²) in [4.78, 5) is 12.3. The Kier molecular flexibility index (Phi) is 6.42. The van der Waals surface area contributed by atoms with Gasteiger partial charge in [-0.05, 0) is 49.4 Å². The highest BCUT2D eigenvalue weighted by Gasteiger charge is 2.12. The van der Waals surface area contributed by atoms with Crippen LogP contribution in [0.25, 0.3) is 0 Å². The Morgan fingerprint density at radius 1 is 1.12 bits per heavy atom. The van der Waals surface area contributed by atoms with Gasteiger partial charge in [0, 0.05) is 6.42 Å². The van der Waals surface area contributed by atoms with E-state index in [1.807, 2.05) is 19.1 Å². The number of ether oxygens (including phenoxy) is 1. The highest BCUT2D eigenvalue weighted by Crippen LogP contribution is 2.20. The van der Waals surface area contributed by atoms with E-state index in [-0.39, 0.29) is 11.9 Å². The lowest BCUT2D eigenvalue weighted by atomic mass is 10.0. The molecule has 3 nitrogen and oxygen atoms in total. The highest BCUT2D eigenvalue weighted by atomic mass is 16.5. The van der Waals surface area contributed by atoms with E-state index in [1.54, 1.807) is 7.11 Å². The van der Waals surface area contributed by atoms with Crippen molar-refractivity contribution in [3.05, 3.63) is 64.7 Å². The number of amides is 1. The summed E-state index contributed by atoms with van der Waals surface area (Å²) >= 11 is 0. The minimum atomic E-state index is 0.0794. The van der Waals surface area contributed by atoms with Gasteiger partial charge in [0.2, 0.25) is 5.91 Å². The quantitative estimate of drug-likeness (QED) is 0.813. The molecule has 0 spiro atoms. The van der Waals surface area contributed by atoms with E-state index in [0.717, 1.165) is 35.3 Å². The van der Waals surface area contributed by atoms with Crippen molar-refractivity contribution in [3.8, 4) is 5.75 Å². The normalized spacial score (nSPS) is 11.8. The number of carbonyl (C=O) groups is 1. The van der Waals surface area contributed by atoms with E-state index in [2.05, 4.69) is 49.5 Å². The molecule has 2 aromatic carbocycles. The molecular weight excluding hydrogens is 298 g/mol. The van der Waals surface area contributed by atoms with E-state index < -0.39 is 0 Å². The third kappa shape index (κ3) is 4.85. The van der Waals surface area contributed by atoms with Crippen LogP contribution in [0, 0.1) is 13.8 Å². The van der Waals surface area contributed by atoms with Gasteiger partial charge in [0.25, 0.3) is 0 Å². The lowest BCUT2D eigenvalue weighted by Gasteiger charge is -2.18. The Morgan fingerprint density at radius 2 is 1.83 bits per heavy atom. The van der Waals surface area contributed by atoms with Gasteiger partial charge in [0.15, 0.2) is 0 Å². The van der Waals surface area contributed by atoms with Gasteiger partial charge in [0.1, 0.15) is 5.75 Å². The van der Waals surface area contributed by atoms with Crippen LogP contribution in [-0.2, 0) is 11.2 Å². The van der Waals surface area contributed by atoms with E-state index in [9.17, 15) is 4.79 Å². The summed E-state index contributed by atoms with van der Waals surface area (Å²) in [5.41, 5.74) is 4.65. The van der Waals surface area contributed by atoms with Crippen LogP contribution in [0.5, 0.6) is 5.75 Å². The van der Waals surface area contributed by atoms with Crippen molar-refractivity contribution in [1.29, 1.82) is 0 Å². The summed E-state index contributed by atoms with van der Waals surface area (Å²) in [6.07, 6.45) is 2.12. The molecule has 0 saturated carbocycles. The molecule has 3 heteroatoms. The zero-order chi connectivity index (χ0) is 17.5. The zero-order valence-corrected chi connectivity index (χ0v) is 15.1. The molecule has 1 amide bonds. The smallest absolute Gasteiger partial charge is 0.220 e. The number of benzene rings is 2. The largest absolute Gasteiger partial charge is 0.496 e. The molecule has 0 heterocycles. The van der Waals surface area contributed by atoms with Crippen LogP contribution in [0.4, 0.5) is 0 Å². The first-order valence-corrected chi connectivity index (χ1v) is 8.53. The van der Waals surface area contributed by atoms with Crippen molar-refractivity contribution in [2.75, 3.05) is 7.11 Å². The molecule has 0 aliphatic rings. The van der Waals surface area contributed by atoms with Gasteiger partial charge in [-0.15, -0.1) is 0 Å². The lowest BCUT2D eigenvalue weighted by molar-refractivity contribution is -0.121. The van der Waals surface area contributed by atoms with E-state index in [1.165, 1.54) is 5.56 Å². The average Bonchev–Trinajstić information content (AvgIpc) is 2.59. The lowest BCUT2D eigenvalue weighted by Crippen LogP contribution is -2.28. The molecule has 2 rings (SSSR count). The maximum Gasteiger partial charge on any atom is 0.220 e. The minimum absolute atomic E-state index is 0.0794. The summed E-state index contributed by atoms with van der Waals surface area (Å²) in [5.74, 6) is 0.976. The fraction of sp³-hybridized carbons (Fsp3) is 0.381. The fourth-order valence-corrected chi connectivity index (χ4v) is 2.84. The van der Waals surface area contributed by atoms with Crippen molar-refractivity contribution in [1.82, 2.24) is 5.32 Å². The average molecular weight is 325 g/mol. The number of carbonyl (C=O) groups excluding carboxylic acids is 1. The van der Waals surface area contributed by atoms with Gasteiger partial charge in [-0.3, -0.25) is 4.79 Å². The van der Waals surface area contributed by atoms with Crippen molar-refractivity contribution >= 4 is 5.91 Å². The van der Waals surface area contributed by atoms with Gasteiger partial charge in [-0.1, -0.05) is 48.9 Å². The predicted octanol–water partition coefficient (Wildman–Crippen LogP) is 4.51. The molecule has 1 N–H and O–H groups in total. The Labute approximate surface area is 145 Å². The summed E-state index contributed by atoms with van der Waals surface area (Å²) in [7, 11) is 1.67. The minimum Gasteiger partial charge on any atom is -0.496 e. The molecular formula is C21H27NO2. The number of hydrogen-bond acceptors (Lipinski definition) is 2. The molecule has 0 aromatic heterocycles. The van der Waals surface area contributed by atoms with Gasteiger partial charge < -0.3 is 10.1 Å². The number of methoxy groups -OCH3 is 1. The van der Waals surface area contributed by atoms with Crippen molar-refractivity contribution in [2.24, 2.45) is 0 Å². The number of nitrogens with one attached hydrogen (secondary N) is 1. The summed E-state index contributed by atoms with van der Waals surface area (Å²) in [6, 6.07) is 14.5. The maximum absolute atomic E-state index is 12.3. The highest BCUT2D eigenvalue weighted by molar-refractivity contribution is 5.76. The van der Waals surface area contributed by atoms with E-state index in [4.69, 9.17) is 4.74 Å². The molecule has 128 valence electrons. The first-order valence-electron chi connectivity index (χ1n) is 8.53. The molecule has 0 radical (unpaired) electrons. The molecule has 24 heavy (non-hydrogen) atoms. The second kappa shape index (κ2) is 8.53. The summed E-state index contributed by atoms with van der Waals surface area (Å²) < 4.78 is 5.27. The molecule has 0 aliphatic heterocycles. The van der Waals surface area contributed by atoms with Crippen LogP contribution in [0.15, 0.2) is 42.5 Å².